The van der Waals surface area contributed by atoms with Crippen LogP contribution in [-0.4, -0.2) is 53.6 Å². The van der Waals surface area contributed by atoms with Crippen LogP contribution in [0.2, 0.25) is 0 Å². The minimum absolute atomic E-state index is 0.235. The van der Waals surface area contributed by atoms with E-state index in [-0.39, 0.29) is 11.8 Å². The third-order valence-corrected chi connectivity index (χ3v) is 6.75. The maximum Gasteiger partial charge on any atom is 0.494 e. The van der Waals surface area contributed by atoms with Gasteiger partial charge in [0.25, 0.3) is 0 Å². The van der Waals surface area contributed by atoms with E-state index in [1.54, 1.807) is 4.90 Å². The highest BCUT2D eigenvalue weighted by molar-refractivity contribution is 6.62. The third-order valence-electron chi connectivity index (χ3n) is 6.75. The maximum atomic E-state index is 15.1. The lowest BCUT2D eigenvalue weighted by atomic mass is 9.77. The molecule has 8 heteroatoms. The van der Waals surface area contributed by atoms with Crippen molar-refractivity contribution in [2.75, 3.05) is 13.1 Å². The fourth-order valence-corrected chi connectivity index (χ4v) is 4.13. The molecule has 0 atom stereocenters. The number of piperidine rings is 1. The zero-order chi connectivity index (χ0) is 23.5. The maximum absolute atomic E-state index is 15.1. The van der Waals surface area contributed by atoms with Crippen molar-refractivity contribution in [1.29, 1.82) is 0 Å². The van der Waals surface area contributed by atoms with E-state index in [1.807, 2.05) is 66.7 Å². The zero-order valence-corrected chi connectivity index (χ0v) is 20.1. The second-order valence-corrected chi connectivity index (χ2v) is 11.0. The van der Waals surface area contributed by atoms with Crippen molar-refractivity contribution in [3.05, 3.63) is 29.6 Å². The topological polar surface area (TPSA) is 57.2 Å². The van der Waals surface area contributed by atoms with Gasteiger partial charge in [-0.15, -0.1) is 0 Å². The number of hydrogen-bond donors (Lipinski definition) is 0. The highest BCUT2D eigenvalue weighted by Gasteiger charge is 2.52. The summed E-state index contributed by atoms with van der Waals surface area (Å²) in [6.07, 6.45) is 4.70. The molecule has 1 aromatic rings. The molecule has 1 spiro atoms. The fraction of sp³-hybridized carbons (Fsp3) is 0.625. The van der Waals surface area contributed by atoms with E-state index in [1.165, 1.54) is 6.07 Å². The van der Waals surface area contributed by atoms with Crippen LogP contribution in [0.15, 0.2) is 18.2 Å². The molecule has 1 aromatic carbocycles. The number of amides is 1. The molecular formula is C24H33BFNO5. The van der Waals surface area contributed by atoms with Crippen molar-refractivity contribution in [1.82, 2.24) is 4.90 Å². The van der Waals surface area contributed by atoms with Gasteiger partial charge in [0, 0.05) is 31.5 Å². The normalized spacial score (nSPS) is 23.1. The Balaban J connectivity index is 1.48. The molecule has 3 aliphatic heterocycles. The molecule has 0 aliphatic carbocycles. The SMILES string of the molecule is CC(C)(C)OC(=O)N1CCC2(C=Cc3cc(B4OC(C)(C)C(C)(C)O4)cc(F)c3O2)CC1. The van der Waals surface area contributed by atoms with Gasteiger partial charge < -0.3 is 23.7 Å². The minimum atomic E-state index is -0.638. The first kappa shape index (κ1) is 23.1. The molecule has 2 fully saturated rings. The summed E-state index contributed by atoms with van der Waals surface area (Å²) in [6, 6.07) is 3.30. The smallest absolute Gasteiger partial charge is 0.479 e. The molecule has 6 nitrogen and oxygen atoms in total. The van der Waals surface area contributed by atoms with Crippen LogP contribution in [0.25, 0.3) is 6.08 Å². The van der Waals surface area contributed by atoms with Gasteiger partial charge in [-0.25, -0.2) is 9.18 Å². The number of hydrogen-bond acceptors (Lipinski definition) is 5. The molecule has 32 heavy (non-hydrogen) atoms. The molecular weight excluding hydrogens is 412 g/mol. The Hall–Kier alpha value is -2.06. The number of carbonyl (C=O) groups is 1. The average Bonchev–Trinajstić information content (AvgIpc) is 2.89. The summed E-state index contributed by atoms with van der Waals surface area (Å²) in [7, 11) is -0.638. The Bertz CT molecular complexity index is 928. The second-order valence-electron chi connectivity index (χ2n) is 11.0. The summed E-state index contributed by atoms with van der Waals surface area (Å²) in [5.74, 6) is -0.205. The minimum Gasteiger partial charge on any atom is -0.479 e. The highest BCUT2D eigenvalue weighted by atomic mass is 19.1. The van der Waals surface area contributed by atoms with Crippen LogP contribution in [0.4, 0.5) is 9.18 Å². The Kier molecular flexibility index (Phi) is 5.41. The number of benzene rings is 1. The van der Waals surface area contributed by atoms with Crippen LogP contribution >= 0.6 is 0 Å². The van der Waals surface area contributed by atoms with Gasteiger partial charge in [0.1, 0.15) is 11.2 Å². The molecule has 1 amide bonds. The lowest BCUT2D eigenvalue weighted by Crippen LogP contribution is -2.50. The molecule has 174 valence electrons. The molecule has 3 aliphatic rings. The van der Waals surface area contributed by atoms with Gasteiger partial charge in [-0.1, -0.05) is 12.1 Å². The summed E-state index contributed by atoms with van der Waals surface area (Å²) in [5, 5.41) is 0. The number of rotatable bonds is 1. The molecule has 3 heterocycles. The Morgan fingerprint density at radius 1 is 1.09 bits per heavy atom. The van der Waals surface area contributed by atoms with Gasteiger partial charge in [0.15, 0.2) is 11.6 Å². The van der Waals surface area contributed by atoms with E-state index >= 15 is 4.39 Å². The van der Waals surface area contributed by atoms with Crippen LogP contribution < -0.4 is 10.2 Å². The molecule has 0 saturated carbocycles. The molecule has 2 saturated heterocycles. The lowest BCUT2D eigenvalue weighted by Gasteiger charge is -2.42. The van der Waals surface area contributed by atoms with Gasteiger partial charge in [-0.3, -0.25) is 0 Å². The van der Waals surface area contributed by atoms with Crippen molar-refractivity contribution in [3.63, 3.8) is 0 Å². The molecule has 0 bridgehead atoms. The van der Waals surface area contributed by atoms with Crippen LogP contribution in [-0.2, 0) is 14.0 Å². The predicted octanol–water partition coefficient (Wildman–Crippen LogP) is 4.30. The summed E-state index contributed by atoms with van der Waals surface area (Å²) in [5.41, 5.74) is -0.868. The van der Waals surface area contributed by atoms with Crippen LogP contribution in [0.5, 0.6) is 5.75 Å². The van der Waals surface area contributed by atoms with Crippen molar-refractivity contribution in [2.24, 2.45) is 0 Å². The predicted molar refractivity (Wildman–Crippen MR) is 122 cm³/mol. The zero-order valence-electron chi connectivity index (χ0n) is 20.1. The van der Waals surface area contributed by atoms with Gasteiger partial charge in [-0.05, 0) is 66.1 Å². The van der Waals surface area contributed by atoms with Gasteiger partial charge in [-0.2, -0.15) is 0 Å². The number of carbonyl (C=O) groups excluding carboxylic acids is 1. The number of halogens is 1. The van der Waals surface area contributed by atoms with Crippen LogP contribution in [0.3, 0.4) is 0 Å². The Morgan fingerprint density at radius 3 is 2.25 bits per heavy atom. The molecule has 0 aromatic heterocycles. The Labute approximate surface area is 190 Å². The van der Waals surface area contributed by atoms with E-state index in [9.17, 15) is 4.79 Å². The van der Waals surface area contributed by atoms with Crippen molar-refractivity contribution >= 4 is 24.8 Å². The number of fused-ring (bicyclic) bond motifs is 1. The number of ether oxygens (including phenoxy) is 2. The first-order valence-corrected chi connectivity index (χ1v) is 11.3. The second kappa shape index (κ2) is 7.49. The molecule has 0 unspecified atom stereocenters. The Morgan fingerprint density at radius 2 is 1.69 bits per heavy atom. The van der Waals surface area contributed by atoms with E-state index in [2.05, 4.69) is 0 Å². The lowest BCUT2D eigenvalue weighted by molar-refractivity contribution is -0.00195. The first-order valence-electron chi connectivity index (χ1n) is 11.3. The number of likely N-dealkylation sites (tertiary alicyclic amines) is 1. The molecule has 4 rings (SSSR count). The average molecular weight is 445 g/mol. The van der Waals surface area contributed by atoms with Crippen LogP contribution in [0, 0.1) is 5.82 Å². The third kappa shape index (κ3) is 4.27. The first-order chi connectivity index (χ1) is 14.7. The van der Waals surface area contributed by atoms with E-state index in [0.717, 1.165) is 0 Å². The largest absolute Gasteiger partial charge is 0.494 e. The fourth-order valence-electron chi connectivity index (χ4n) is 4.13. The van der Waals surface area contributed by atoms with E-state index < -0.39 is 35.3 Å². The van der Waals surface area contributed by atoms with Crippen molar-refractivity contribution in [3.8, 4) is 5.75 Å². The van der Waals surface area contributed by atoms with Gasteiger partial charge in [0.05, 0.1) is 11.2 Å². The van der Waals surface area contributed by atoms with Gasteiger partial charge in [0.2, 0.25) is 0 Å². The van der Waals surface area contributed by atoms with Crippen molar-refractivity contribution in [2.45, 2.75) is 83.7 Å². The summed E-state index contributed by atoms with van der Waals surface area (Å²) < 4.78 is 38.9. The monoisotopic (exact) mass is 445 g/mol. The standard InChI is InChI=1S/C24H33BFNO5/c1-21(2,3)30-20(28)27-12-10-24(11-13-27)9-8-16-14-17(15-18(26)19(16)29-24)25-31-22(4,5)23(6,7)32-25/h8-9,14-15H,10-13H2,1-7H3. The molecule has 0 N–H and O–H groups in total. The summed E-state index contributed by atoms with van der Waals surface area (Å²) in [4.78, 5) is 14.0. The molecule has 0 radical (unpaired) electrons. The van der Waals surface area contributed by atoms with Gasteiger partial charge >= 0.3 is 13.2 Å². The van der Waals surface area contributed by atoms with E-state index in [4.69, 9.17) is 18.8 Å². The number of nitrogens with zero attached hydrogens (tertiary/aromatic N) is 1. The van der Waals surface area contributed by atoms with Crippen LogP contribution in [0.1, 0.15) is 66.9 Å². The summed E-state index contributed by atoms with van der Waals surface area (Å²) >= 11 is 0. The highest BCUT2D eigenvalue weighted by Crippen LogP contribution is 2.40. The quantitative estimate of drug-likeness (QED) is 0.604. The van der Waals surface area contributed by atoms with E-state index in [0.29, 0.717) is 37.0 Å². The summed E-state index contributed by atoms with van der Waals surface area (Å²) in [6.45, 7) is 14.4. The van der Waals surface area contributed by atoms with Crippen molar-refractivity contribution < 1.29 is 28.0 Å².